The fourth-order valence-corrected chi connectivity index (χ4v) is 6.15. The average Bonchev–Trinajstić information content (AvgIpc) is 3.25. The Morgan fingerprint density at radius 1 is 1.32 bits per heavy atom. The highest BCUT2D eigenvalue weighted by Crippen LogP contribution is 2.33. The third-order valence-electron chi connectivity index (χ3n) is 6.95. The van der Waals surface area contributed by atoms with Gasteiger partial charge < -0.3 is 10.0 Å². The number of likely N-dealkylation sites (tertiary alicyclic amines) is 1. The van der Waals surface area contributed by atoms with Crippen molar-refractivity contribution in [3.05, 3.63) is 21.4 Å². The number of nitrogens with zero attached hydrogens (tertiary/aromatic N) is 2. The Labute approximate surface area is 203 Å². The minimum absolute atomic E-state index is 0.0575. The van der Waals surface area contributed by atoms with Crippen LogP contribution in [0, 0.1) is 29.6 Å². The Morgan fingerprint density at radius 2 is 2.03 bits per heavy atom. The van der Waals surface area contributed by atoms with Gasteiger partial charge in [-0.05, 0) is 55.6 Å². The number of carbonyl (C=O) groups excluding carboxylic acids is 2. The van der Waals surface area contributed by atoms with Crippen LogP contribution in [0.4, 0.5) is 0 Å². The van der Waals surface area contributed by atoms with E-state index in [0.29, 0.717) is 23.4 Å². The van der Waals surface area contributed by atoms with Gasteiger partial charge in [0.1, 0.15) is 0 Å². The fourth-order valence-electron chi connectivity index (χ4n) is 4.31. The van der Waals surface area contributed by atoms with Crippen molar-refractivity contribution in [3.8, 4) is 23.7 Å². The number of hydrogen-bond donors (Lipinski definition) is 3. The number of amides is 2. The molecule has 0 spiro atoms. The predicted octanol–water partition coefficient (Wildman–Crippen LogP) is 0.213. The van der Waals surface area contributed by atoms with Gasteiger partial charge in [-0.15, -0.1) is 11.3 Å². The third-order valence-corrected chi connectivity index (χ3v) is 10.1. The van der Waals surface area contributed by atoms with E-state index in [2.05, 4.69) is 28.6 Å². The summed E-state index contributed by atoms with van der Waals surface area (Å²) in [5.74, 6) is 11.0. The van der Waals surface area contributed by atoms with Crippen molar-refractivity contribution in [2.75, 3.05) is 25.9 Å². The summed E-state index contributed by atoms with van der Waals surface area (Å²) in [7, 11) is -3.82. The zero-order valence-electron chi connectivity index (χ0n) is 19.0. The average molecular weight is 506 g/mol. The van der Waals surface area contributed by atoms with Crippen LogP contribution in [0.15, 0.2) is 6.07 Å². The fraction of sp³-hybridized carbons (Fsp3) is 0.565. The summed E-state index contributed by atoms with van der Waals surface area (Å²) >= 11 is 1.28. The van der Waals surface area contributed by atoms with E-state index >= 15 is 0 Å². The molecule has 4 rings (SSSR count). The van der Waals surface area contributed by atoms with Crippen LogP contribution < -0.4 is 5.48 Å². The van der Waals surface area contributed by atoms with E-state index in [1.807, 2.05) is 6.07 Å². The number of aliphatic hydroxyl groups is 1. The van der Waals surface area contributed by atoms with Crippen molar-refractivity contribution in [2.45, 2.75) is 49.6 Å². The monoisotopic (exact) mass is 505 g/mol. The lowest BCUT2D eigenvalue weighted by molar-refractivity contribution is -0.131. The van der Waals surface area contributed by atoms with Crippen molar-refractivity contribution >= 4 is 33.0 Å². The maximum absolute atomic E-state index is 12.8. The molecule has 2 aliphatic heterocycles. The summed E-state index contributed by atoms with van der Waals surface area (Å²) in [5, 5.41) is 18.3. The molecule has 3 aliphatic rings. The molecule has 3 heterocycles. The molecule has 1 atom stereocenters. The molecule has 1 saturated carbocycles. The molecule has 0 aromatic carbocycles. The smallest absolute Gasteiger partial charge is 0.264 e. The van der Waals surface area contributed by atoms with Gasteiger partial charge in [0.25, 0.3) is 11.8 Å². The molecule has 0 radical (unpaired) electrons. The number of carbonyl (C=O) groups is 2. The molecule has 0 bridgehead atoms. The number of nitrogens with one attached hydrogen (secondary N) is 1. The van der Waals surface area contributed by atoms with E-state index in [0.717, 1.165) is 42.6 Å². The van der Waals surface area contributed by atoms with Crippen LogP contribution in [0.3, 0.4) is 0 Å². The first-order valence-electron chi connectivity index (χ1n) is 11.0. The second kappa shape index (κ2) is 9.33. The number of aliphatic hydroxyl groups excluding tert-OH is 1. The van der Waals surface area contributed by atoms with Crippen LogP contribution in [0.25, 0.3) is 0 Å². The Hall–Kier alpha value is -2.41. The number of fused-ring (bicyclic) bond motifs is 1. The van der Waals surface area contributed by atoms with Gasteiger partial charge in [-0.2, -0.15) is 0 Å². The van der Waals surface area contributed by atoms with Gasteiger partial charge in [-0.3, -0.25) is 19.7 Å². The maximum Gasteiger partial charge on any atom is 0.264 e. The van der Waals surface area contributed by atoms with E-state index in [-0.39, 0.29) is 25.0 Å². The van der Waals surface area contributed by atoms with Crippen LogP contribution in [-0.2, 0) is 21.2 Å². The quantitative estimate of drug-likeness (QED) is 0.287. The van der Waals surface area contributed by atoms with E-state index in [1.165, 1.54) is 28.6 Å². The van der Waals surface area contributed by atoms with Gasteiger partial charge in [0.2, 0.25) is 0 Å². The highest BCUT2D eigenvalue weighted by molar-refractivity contribution is 7.92. The van der Waals surface area contributed by atoms with E-state index in [1.54, 1.807) is 0 Å². The second-order valence-corrected chi connectivity index (χ2v) is 12.8. The second-order valence-electron chi connectivity index (χ2n) is 9.33. The van der Waals surface area contributed by atoms with Crippen LogP contribution in [0.1, 0.15) is 46.3 Å². The Morgan fingerprint density at radius 3 is 2.62 bits per heavy atom. The minimum Gasteiger partial charge on any atom is -0.393 e. The molecule has 1 saturated heterocycles. The standard InChI is InChI=1S/C23H27N3O6S2/c1-23(22(29)24-30,34(2,31)32)7-8-25-14-16-9-19(33-20(16)21(25)28)6-4-3-5-15-12-26(13-15)17-10-18(27)11-17/h9,15,17-18,27,30H,7-8,10-14H2,1-2H3,(H,24,29). The highest BCUT2D eigenvalue weighted by atomic mass is 32.2. The van der Waals surface area contributed by atoms with Crippen molar-refractivity contribution in [3.63, 3.8) is 0 Å². The predicted molar refractivity (Wildman–Crippen MR) is 126 cm³/mol. The van der Waals surface area contributed by atoms with Crippen LogP contribution >= 0.6 is 11.3 Å². The van der Waals surface area contributed by atoms with E-state index in [4.69, 9.17) is 5.21 Å². The van der Waals surface area contributed by atoms with Crippen molar-refractivity contribution < 1.29 is 28.3 Å². The molecule has 1 unspecified atom stereocenters. The number of hydrogen-bond acceptors (Lipinski definition) is 8. The van der Waals surface area contributed by atoms with E-state index < -0.39 is 20.5 Å². The number of rotatable bonds is 6. The number of hydroxylamine groups is 1. The molecule has 11 heteroatoms. The lowest BCUT2D eigenvalue weighted by atomic mass is 9.84. The van der Waals surface area contributed by atoms with Crippen LogP contribution in [0.2, 0.25) is 0 Å². The molecule has 9 nitrogen and oxygen atoms in total. The molecular formula is C23H27N3O6S2. The Kier molecular flexibility index (Phi) is 6.78. The first kappa shape index (κ1) is 24.7. The molecule has 2 fully saturated rings. The molecule has 2 amide bonds. The van der Waals surface area contributed by atoms with Gasteiger partial charge >= 0.3 is 0 Å². The molecule has 1 aromatic heterocycles. The van der Waals surface area contributed by atoms with Crippen molar-refractivity contribution in [2.24, 2.45) is 5.92 Å². The summed E-state index contributed by atoms with van der Waals surface area (Å²) in [4.78, 5) is 29.9. The minimum atomic E-state index is -3.82. The van der Waals surface area contributed by atoms with Gasteiger partial charge in [-0.25, -0.2) is 13.9 Å². The number of thiophene rings is 1. The first-order valence-corrected chi connectivity index (χ1v) is 13.7. The largest absolute Gasteiger partial charge is 0.393 e. The Balaban J connectivity index is 1.30. The zero-order chi connectivity index (χ0) is 24.7. The first-order chi connectivity index (χ1) is 16.0. The van der Waals surface area contributed by atoms with Crippen molar-refractivity contribution in [1.82, 2.24) is 15.3 Å². The summed E-state index contributed by atoms with van der Waals surface area (Å²) in [6.07, 6.45) is 2.36. The summed E-state index contributed by atoms with van der Waals surface area (Å²) in [5.41, 5.74) is 2.23. The molecular weight excluding hydrogens is 478 g/mol. The summed E-state index contributed by atoms with van der Waals surface area (Å²) in [6, 6.07) is 2.34. The molecule has 34 heavy (non-hydrogen) atoms. The highest BCUT2D eigenvalue weighted by Gasteiger charge is 2.44. The van der Waals surface area contributed by atoms with Gasteiger partial charge in [0, 0.05) is 44.4 Å². The third kappa shape index (κ3) is 4.72. The molecule has 3 N–H and O–H groups in total. The van der Waals surface area contributed by atoms with Gasteiger partial charge in [-0.1, -0.05) is 5.92 Å². The van der Waals surface area contributed by atoms with E-state index in [9.17, 15) is 23.1 Å². The maximum atomic E-state index is 12.8. The molecule has 1 aliphatic carbocycles. The zero-order valence-corrected chi connectivity index (χ0v) is 20.6. The SMILES string of the molecule is CC(CCN1Cc2cc(C#CC#CC3CN(C4CC(O)C4)C3)sc2C1=O)(C(=O)NO)S(C)(=O)=O. The normalized spacial score (nSPS) is 24.0. The molecule has 1 aromatic rings. The topological polar surface area (TPSA) is 127 Å². The van der Waals surface area contributed by atoms with Crippen molar-refractivity contribution in [1.29, 1.82) is 0 Å². The molecule has 182 valence electrons. The Bertz CT molecular complexity index is 1220. The van der Waals surface area contributed by atoms with Gasteiger partial charge in [0.15, 0.2) is 14.6 Å². The lowest BCUT2D eigenvalue weighted by Gasteiger charge is -2.48. The lowest BCUT2D eigenvalue weighted by Crippen LogP contribution is -2.57. The number of sulfone groups is 1. The van der Waals surface area contributed by atoms with Crippen LogP contribution in [-0.4, -0.2) is 83.1 Å². The van der Waals surface area contributed by atoms with Gasteiger partial charge in [0.05, 0.1) is 15.9 Å². The summed E-state index contributed by atoms with van der Waals surface area (Å²) in [6.45, 7) is 3.44. The van der Waals surface area contributed by atoms with Crippen LogP contribution in [0.5, 0.6) is 0 Å². The summed E-state index contributed by atoms with van der Waals surface area (Å²) < 4.78 is 22.4.